The Morgan fingerprint density at radius 3 is 2.82 bits per heavy atom. The van der Waals surface area contributed by atoms with E-state index in [9.17, 15) is 4.79 Å². The number of likely N-dealkylation sites (N-methyl/N-ethyl adjacent to an activating group) is 1. The van der Waals surface area contributed by atoms with Gasteiger partial charge in [-0.1, -0.05) is 6.07 Å². The van der Waals surface area contributed by atoms with E-state index in [1.165, 1.54) is 0 Å². The second-order valence-electron chi connectivity index (χ2n) is 4.08. The molecule has 0 radical (unpaired) electrons. The van der Waals surface area contributed by atoms with Crippen molar-refractivity contribution >= 4 is 11.7 Å². The first kappa shape index (κ1) is 13.4. The van der Waals surface area contributed by atoms with Crippen LogP contribution in [-0.2, 0) is 0 Å². The summed E-state index contributed by atoms with van der Waals surface area (Å²) in [4.78, 5) is 17.9. The van der Waals surface area contributed by atoms with Gasteiger partial charge in [0.05, 0.1) is 0 Å². The van der Waals surface area contributed by atoms with Crippen molar-refractivity contribution < 1.29 is 4.79 Å². The summed E-state index contributed by atoms with van der Waals surface area (Å²) in [6.07, 6.45) is 0. The third-order valence-corrected chi connectivity index (χ3v) is 2.57. The van der Waals surface area contributed by atoms with Crippen LogP contribution in [0.15, 0.2) is 18.2 Å². The summed E-state index contributed by atoms with van der Waals surface area (Å²) in [6, 6.07) is 5.34. The summed E-state index contributed by atoms with van der Waals surface area (Å²) in [5.41, 5.74) is 2.76. The predicted molar refractivity (Wildman–Crippen MR) is 67.5 cm³/mol. The van der Waals surface area contributed by atoms with Crippen molar-refractivity contribution in [1.82, 2.24) is 15.2 Å². The van der Waals surface area contributed by atoms with Gasteiger partial charge in [0, 0.05) is 12.6 Å². The Balaban J connectivity index is 2.57. The maximum absolute atomic E-state index is 11.8. The van der Waals surface area contributed by atoms with Crippen molar-refractivity contribution in [1.29, 1.82) is 0 Å². The third-order valence-electron chi connectivity index (χ3n) is 2.57. The van der Waals surface area contributed by atoms with Crippen molar-refractivity contribution in [3.8, 4) is 0 Å². The molecule has 6 heteroatoms. The molecular formula is C11H19N5O. The number of nitrogens with zero attached hydrogens (tertiary/aromatic N) is 2. The molecule has 1 heterocycles. The number of pyridine rings is 1. The van der Waals surface area contributed by atoms with Crippen molar-refractivity contribution in [3.05, 3.63) is 23.9 Å². The number of nitrogen functional groups attached to an aromatic ring is 1. The number of hydrazine groups is 1. The highest BCUT2D eigenvalue weighted by Gasteiger charge is 2.10. The number of carbonyl (C=O) groups excluding carboxylic acids is 1. The molecule has 0 aliphatic carbocycles. The summed E-state index contributed by atoms with van der Waals surface area (Å²) in [5, 5.41) is 2.82. The fraction of sp³-hybridized carbons (Fsp3) is 0.455. The van der Waals surface area contributed by atoms with Crippen molar-refractivity contribution in [2.75, 3.05) is 26.1 Å². The lowest BCUT2D eigenvalue weighted by Gasteiger charge is -2.19. The molecule has 6 nitrogen and oxygen atoms in total. The van der Waals surface area contributed by atoms with E-state index in [0.29, 0.717) is 18.1 Å². The lowest BCUT2D eigenvalue weighted by atomic mass is 10.3. The predicted octanol–water partition coefficient (Wildman–Crippen LogP) is 0.0471. The van der Waals surface area contributed by atoms with Gasteiger partial charge in [0.15, 0.2) is 0 Å². The average molecular weight is 237 g/mol. The number of rotatable bonds is 5. The van der Waals surface area contributed by atoms with Crippen LogP contribution in [0.4, 0.5) is 5.82 Å². The fourth-order valence-electron chi connectivity index (χ4n) is 1.16. The van der Waals surface area contributed by atoms with Gasteiger partial charge in [-0.15, -0.1) is 0 Å². The molecule has 0 saturated carbocycles. The first-order chi connectivity index (χ1) is 8.04. The number of anilines is 1. The number of hydrogen-bond acceptors (Lipinski definition) is 5. The van der Waals surface area contributed by atoms with E-state index in [1.54, 1.807) is 18.2 Å². The van der Waals surface area contributed by atoms with E-state index < -0.39 is 0 Å². The largest absolute Gasteiger partial charge is 0.349 e. The first-order valence-electron chi connectivity index (χ1n) is 5.43. The lowest BCUT2D eigenvalue weighted by Crippen LogP contribution is -2.38. The summed E-state index contributed by atoms with van der Waals surface area (Å²) >= 11 is 0. The quantitative estimate of drug-likeness (QED) is 0.498. The SMILES string of the molecule is CC(CNC(=O)c1cccc(NN)n1)N(C)C. The van der Waals surface area contributed by atoms with Gasteiger partial charge in [-0.05, 0) is 33.2 Å². The fourth-order valence-corrected chi connectivity index (χ4v) is 1.16. The van der Waals surface area contributed by atoms with Crippen LogP contribution in [0.25, 0.3) is 0 Å². The molecular weight excluding hydrogens is 218 g/mol. The topological polar surface area (TPSA) is 83.3 Å². The molecule has 0 aromatic carbocycles. The van der Waals surface area contributed by atoms with Gasteiger partial charge < -0.3 is 15.6 Å². The maximum atomic E-state index is 11.8. The number of nitrogens with two attached hydrogens (primary N) is 1. The van der Waals surface area contributed by atoms with Crippen LogP contribution in [0.1, 0.15) is 17.4 Å². The molecule has 1 unspecified atom stereocenters. The first-order valence-corrected chi connectivity index (χ1v) is 5.43. The van der Waals surface area contributed by atoms with Crippen LogP contribution >= 0.6 is 0 Å². The van der Waals surface area contributed by atoms with E-state index in [1.807, 2.05) is 25.9 Å². The molecule has 1 rings (SSSR count). The smallest absolute Gasteiger partial charge is 0.270 e. The van der Waals surface area contributed by atoms with E-state index in [-0.39, 0.29) is 11.9 Å². The van der Waals surface area contributed by atoms with Gasteiger partial charge in [-0.3, -0.25) is 4.79 Å². The van der Waals surface area contributed by atoms with Crippen LogP contribution in [0, 0.1) is 0 Å². The molecule has 0 spiro atoms. The van der Waals surface area contributed by atoms with Crippen molar-refractivity contribution in [2.24, 2.45) is 5.84 Å². The van der Waals surface area contributed by atoms with Gasteiger partial charge >= 0.3 is 0 Å². The van der Waals surface area contributed by atoms with E-state index >= 15 is 0 Å². The molecule has 0 fully saturated rings. The van der Waals surface area contributed by atoms with Gasteiger partial charge in [0.1, 0.15) is 11.5 Å². The zero-order chi connectivity index (χ0) is 12.8. The Morgan fingerprint density at radius 1 is 1.53 bits per heavy atom. The molecule has 94 valence electrons. The number of nitrogens with one attached hydrogen (secondary N) is 2. The van der Waals surface area contributed by atoms with Gasteiger partial charge in [0.2, 0.25) is 0 Å². The highest BCUT2D eigenvalue weighted by Crippen LogP contribution is 2.02. The minimum Gasteiger partial charge on any atom is -0.349 e. The zero-order valence-corrected chi connectivity index (χ0v) is 10.4. The van der Waals surface area contributed by atoms with Crippen LogP contribution in [-0.4, -0.2) is 42.5 Å². The lowest BCUT2D eigenvalue weighted by molar-refractivity contribution is 0.0939. The Bertz CT molecular complexity index is 380. The maximum Gasteiger partial charge on any atom is 0.270 e. The molecule has 1 aromatic heterocycles. The molecule has 0 bridgehead atoms. The van der Waals surface area contributed by atoms with Crippen molar-refractivity contribution in [3.63, 3.8) is 0 Å². The number of aromatic nitrogens is 1. The second kappa shape index (κ2) is 6.17. The molecule has 0 aliphatic rings. The second-order valence-corrected chi connectivity index (χ2v) is 4.08. The monoisotopic (exact) mass is 237 g/mol. The summed E-state index contributed by atoms with van der Waals surface area (Å²) < 4.78 is 0. The van der Waals surface area contributed by atoms with Gasteiger partial charge in [-0.25, -0.2) is 10.8 Å². The summed E-state index contributed by atoms with van der Waals surface area (Å²) in [6.45, 7) is 2.61. The van der Waals surface area contributed by atoms with E-state index in [0.717, 1.165) is 0 Å². The van der Waals surface area contributed by atoms with Gasteiger partial charge in [-0.2, -0.15) is 0 Å². The molecule has 0 saturated heterocycles. The number of hydrogen-bond donors (Lipinski definition) is 3. The Labute approximate surface area is 101 Å². The molecule has 1 atom stereocenters. The summed E-state index contributed by atoms with van der Waals surface area (Å²) in [5.74, 6) is 5.50. The van der Waals surface area contributed by atoms with Crippen LogP contribution in [0.2, 0.25) is 0 Å². The van der Waals surface area contributed by atoms with Crippen LogP contribution < -0.4 is 16.6 Å². The van der Waals surface area contributed by atoms with Crippen LogP contribution in [0.3, 0.4) is 0 Å². The minimum atomic E-state index is -0.198. The molecule has 17 heavy (non-hydrogen) atoms. The normalized spacial score (nSPS) is 12.3. The minimum absolute atomic E-state index is 0.198. The Hall–Kier alpha value is -1.66. The third kappa shape index (κ3) is 4.01. The van der Waals surface area contributed by atoms with Crippen LogP contribution in [0.5, 0.6) is 0 Å². The molecule has 1 aromatic rings. The molecule has 0 aliphatic heterocycles. The Kier molecular flexibility index (Phi) is 4.86. The van der Waals surface area contributed by atoms with E-state index in [2.05, 4.69) is 15.7 Å². The number of carbonyl (C=O) groups is 1. The molecule has 4 N–H and O–H groups in total. The zero-order valence-electron chi connectivity index (χ0n) is 10.4. The Morgan fingerprint density at radius 2 is 2.24 bits per heavy atom. The van der Waals surface area contributed by atoms with Crippen molar-refractivity contribution in [2.45, 2.75) is 13.0 Å². The standard InChI is InChI=1S/C11H19N5O/c1-8(16(2)3)7-13-11(17)9-5-4-6-10(14-9)15-12/h4-6,8H,7,12H2,1-3H3,(H,13,17)(H,14,15). The highest BCUT2D eigenvalue weighted by molar-refractivity contribution is 5.92. The van der Waals surface area contributed by atoms with E-state index in [4.69, 9.17) is 5.84 Å². The average Bonchev–Trinajstić information content (AvgIpc) is 2.35. The highest BCUT2D eigenvalue weighted by atomic mass is 16.1. The summed E-state index contributed by atoms with van der Waals surface area (Å²) in [7, 11) is 3.93. The van der Waals surface area contributed by atoms with Gasteiger partial charge in [0.25, 0.3) is 5.91 Å². The molecule has 1 amide bonds. The number of amides is 1.